The molecule has 1 atom stereocenters. The van der Waals surface area contributed by atoms with E-state index in [-0.39, 0.29) is 51.2 Å². The summed E-state index contributed by atoms with van der Waals surface area (Å²) in [7, 11) is 0. The number of hydrogen-bond donors (Lipinski definition) is 2. The van der Waals surface area contributed by atoms with Crippen molar-refractivity contribution in [3.63, 3.8) is 0 Å². The van der Waals surface area contributed by atoms with E-state index in [2.05, 4.69) is 28.2 Å². The molecule has 1 radical (unpaired) electrons. The molecule has 0 saturated heterocycles. The van der Waals surface area contributed by atoms with Gasteiger partial charge in [-0.3, -0.25) is 4.72 Å². The molecule has 3 nitrogen and oxygen atoms in total. The Morgan fingerprint density at radius 1 is 1.11 bits per heavy atom. The van der Waals surface area contributed by atoms with Crippen molar-refractivity contribution in [1.82, 2.24) is 4.72 Å². The monoisotopic (exact) mass is 478 g/mol. The first-order valence-electron chi connectivity index (χ1n) is 9.63. The van der Waals surface area contributed by atoms with E-state index in [9.17, 15) is 4.39 Å². The van der Waals surface area contributed by atoms with Gasteiger partial charge in [-0.2, -0.15) is 0 Å². The number of fused-ring (bicyclic) bond motifs is 1. The van der Waals surface area contributed by atoms with Gasteiger partial charge in [0.15, 0.2) is 0 Å². The van der Waals surface area contributed by atoms with E-state index in [4.69, 9.17) is 5.11 Å². The zero-order chi connectivity index (χ0) is 19.3. The van der Waals surface area contributed by atoms with Gasteiger partial charge in [-0.05, 0) is 36.8 Å². The van der Waals surface area contributed by atoms with Crippen LogP contribution in [0.3, 0.4) is 0 Å². The number of aliphatic hydroxyl groups is 1. The van der Waals surface area contributed by atoms with Gasteiger partial charge < -0.3 is 10.4 Å². The zero-order valence-electron chi connectivity index (χ0n) is 16.6. The zero-order valence-corrected chi connectivity index (χ0v) is 20.3. The van der Waals surface area contributed by atoms with Gasteiger partial charge in [-0.1, -0.05) is 84.8 Å². The summed E-state index contributed by atoms with van der Waals surface area (Å²) in [5.74, 6) is -0.196. The number of halogens is 1. The quantitative estimate of drug-likeness (QED) is 0.456. The molecule has 2 aromatic carbocycles. The van der Waals surface area contributed by atoms with Crippen LogP contribution >= 0.6 is 11.9 Å². The molecule has 4 rings (SSSR count). The SMILES string of the molecule is C1CC1.CSNCCCO.Fc1ccc([C@@H]2[N-]CCc3ccccc32)cc1.[Y]. The van der Waals surface area contributed by atoms with E-state index in [1.807, 2.05) is 24.5 Å². The summed E-state index contributed by atoms with van der Waals surface area (Å²) in [6.45, 7) is 2.03. The van der Waals surface area contributed by atoms with Gasteiger partial charge in [0.1, 0.15) is 5.82 Å². The van der Waals surface area contributed by atoms with Gasteiger partial charge in [0.25, 0.3) is 0 Å². The van der Waals surface area contributed by atoms with E-state index in [1.165, 1.54) is 42.5 Å². The standard InChI is InChI=1S/C15H13FN.C4H11NOS.C3H6.Y/c16-13-7-5-12(6-8-13)15-14-4-2-1-3-11(14)9-10-17-15;1-7-5-3-2-4-6;1-2-3-1;/h1-8,15H,9-10H2;5-6H,2-4H2,1H3;1-3H2;/q-1;;;/t15-;;;/m0.../s1. The van der Waals surface area contributed by atoms with Crippen LogP contribution < -0.4 is 4.72 Å². The number of nitrogens with one attached hydrogen (secondary N) is 1. The molecule has 0 amide bonds. The Hall–Kier alpha value is -0.296. The maximum Gasteiger partial charge on any atom is 0.123 e. The van der Waals surface area contributed by atoms with Crippen LogP contribution in [0.15, 0.2) is 48.5 Å². The Bertz CT molecular complexity index is 648. The molecule has 2 aromatic rings. The normalized spacial score (nSPS) is 16.3. The van der Waals surface area contributed by atoms with Gasteiger partial charge in [-0.15, -0.1) is 6.54 Å². The summed E-state index contributed by atoms with van der Waals surface area (Å²) >= 11 is 1.58. The van der Waals surface area contributed by atoms with Gasteiger partial charge >= 0.3 is 0 Å². The van der Waals surface area contributed by atoms with E-state index < -0.39 is 0 Å². The van der Waals surface area contributed by atoms with Crippen LogP contribution in [0.1, 0.15) is 48.4 Å². The Kier molecular flexibility index (Phi) is 14.3. The summed E-state index contributed by atoms with van der Waals surface area (Å²) in [5, 5.41) is 12.9. The predicted molar refractivity (Wildman–Crippen MR) is 114 cm³/mol. The molecule has 1 aliphatic carbocycles. The fraction of sp³-hybridized carbons (Fsp3) is 0.455. The molecule has 1 fully saturated rings. The van der Waals surface area contributed by atoms with E-state index >= 15 is 0 Å². The molecule has 2 N–H and O–H groups in total. The van der Waals surface area contributed by atoms with Gasteiger partial charge in [0.05, 0.1) is 0 Å². The van der Waals surface area contributed by atoms with Crippen LogP contribution in [0.25, 0.3) is 5.32 Å². The number of benzene rings is 2. The van der Waals surface area contributed by atoms with Gasteiger partial charge in [-0.25, -0.2) is 4.39 Å². The van der Waals surface area contributed by atoms with Crippen molar-refractivity contribution in [3.05, 3.63) is 76.4 Å². The second-order valence-corrected chi connectivity index (χ2v) is 7.24. The fourth-order valence-corrected chi connectivity index (χ4v) is 2.97. The van der Waals surface area contributed by atoms with E-state index in [0.717, 1.165) is 31.5 Å². The van der Waals surface area contributed by atoms with Crippen molar-refractivity contribution < 1.29 is 42.2 Å². The fourth-order valence-electron chi connectivity index (χ4n) is 2.62. The smallest absolute Gasteiger partial charge is 0.123 e. The van der Waals surface area contributed by atoms with Crippen LogP contribution in [0.5, 0.6) is 0 Å². The number of hydrogen-bond acceptors (Lipinski definition) is 3. The topological polar surface area (TPSA) is 46.4 Å². The number of aliphatic hydroxyl groups excluding tert-OH is 1. The number of rotatable bonds is 5. The van der Waals surface area contributed by atoms with Crippen LogP contribution in [0.2, 0.25) is 0 Å². The summed E-state index contributed by atoms with van der Waals surface area (Å²) in [5.41, 5.74) is 3.68. The molecular weight excluding hydrogens is 448 g/mol. The Morgan fingerprint density at radius 2 is 1.79 bits per heavy atom. The third-order valence-corrected chi connectivity index (χ3v) is 4.66. The van der Waals surface area contributed by atoms with Crippen LogP contribution in [0, 0.1) is 5.82 Å². The average Bonchev–Trinajstić information content (AvgIpc) is 3.59. The first-order chi connectivity index (χ1) is 13.3. The minimum absolute atomic E-state index is 0. The van der Waals surface area contributed by atoms with Crippen molar-refractivity contribution in [3.8, 4) is 0 Å². The molecule has 151 valence electrons. The third-order valence-electron chi connectivity index (χ3n) is 4.16. The van der Waals surface area contributed by atoms with Crippen molar-refractivity contribution in [1.29, 1.82) is 0 Å². The van der Waals surface area contributed by atoms with Crippen LogP contribution in [0.4, 0.5) is 4.39 Å². The Labute approximate surface area is 198 Å². The third kappa shape index (κ3) is 9.95. The molecule has 0 spiro atoms. The van der Waals surface area contributed by atoms with Crippen molar-refractivity contribution in [2.75, 3.05) is 26.0 Å². The van der Waals surface area contributed by atoms with Crippen molar-refractivity contribution in [2.45, 2.75) is 38.1 Å². The molecule has 1 aliphatic heterocycles. The largest absolute Gasteiger partial charge is 0.652 e. The number of nitrogens with zero attached hydrogens (tertiary/aromatic N) is 1. The minimum Gasteiger partial charge on any atom is -0.652 e. The molecule has 0 unspecified atom stereocenters. The second kappa shape index (κ2) is 15.5. The summed E-state index contributed by atoms with van der Waals surface area (Å²) < 4.78 is 15.9. The molecule has 6 heteroatoms. The molecule has 0 aromatic heterocycles. The van der Waals surface area contributed by atoms with Crippen molar-refractivity contribution >= 4 is 11.9 Å². The Morgan fingerprint density at radius 3 is 2.39 bits per heavy atom. The molecule has 1 heterocycles. The van der Waals surface area contributed by atoms with Gasteiger partial charge in [0.2, 0.25) is 0 Å². The first-order valence-corrected chi connectivity index (χ1v) is 10.8. The van der Waals surface area contributed by atoms with Crippen LogP contribution in [-0.4, -0.2) is 31.1 Å². The first kappa shape index (κ1) is 25.7. The average molecular weight is 478 g/mol. The van der Waals surface area contributed by atoms with Gasteiger partial charge in [0, 0.05) is 45.9 Å². The second-order valence-electron chi connectivity index (χ2n) is 6.55. The molecule has 1 saturated carbocycles. The summed E-state index contributed by atoms with van der Waals surface area (Å²) in [4.78, 5) is 0. The maximum absolute atomic E-state index is 12.9. The maximum atomic E-state index is 12.9. The van der Waals surface area contributed by atoms with E-state index in [0.29, 0.717) is 0 Å². The molecular formula is C22H30FN2OSY-. The molecule has 2 aliphatic rings. The van der Waals surface area contributed by atoms with Crippen molar-refractivity contribution in [2.24, 2.45) is 0 Å². The summed E-state index contributed by atoms with van der Waals surface area (Å²) in [6.07, 6.45) is 8.33. The summed E-state index contributed by atoms with van der Waals surface area (Å²) in [6, 6.07) is 15.1. The molecule has 0 bridgehead atoms. The minimum atomic E-state index is -0.196. The predicted octanol–water partition coefficient (Wildman–Crippen LogP) is 5.25. The Balaban J connectivity index is 0.000000299. The van der Waals surface area contributed by atoms with E-state index in [1.54, 1.807) is 11.9 Å². The molecule has 28 heavy (non-hydrogen) atoms. The van der Waals surface area contributed by atoms with Crippen LogP contribution in [-0.2, 0) is 39.1 Å².